The van der Waals surface area contributed by atoms with Crippen LogP contribution in [0, 0.1) is 23.2 Å². The zero-order chi connectivity index (χ0) is 11.5. The monoisotopic (exact) mass is 233 g/mol. The fourth-order valence-corrected chi connectivity index (χ4v) is 4.60. The molecule has 3 aliphatic carbocycles. The Hall–Kier alpha value is -0.530. The van der Waals surface area contributed by atoms with E-state index < -0.39 is 0 Å². The Kier molecular flexibility index (Phi) is 2.13. The molecule has 0 N–H and O–H groups in total. The molecule has 4 rings (SSSR count). The molecule has 4 aliphatic rings. The lowest BCUT2D eigenvalue weighted by molar-refractivity contribution is -0.146. The first-order valence-corrected chi connectivity index (χ1v) is 7.53. The number of hydrogen-bond acceptors (Lipinski definition) is 1. The Morgan fingerprint density at radius 2 is 1.65 bits per heavy atom. The summed E-state index contributed by atoms with van der Waals surface area (Å²) in [7, 11) is 0. The first-order valence-electron chi connectivity index (χ1n) is 7.53. The van der Waals surface area contributed by atoms with Crippen LogP contribution in [0.2, 0.25) is 0 Å². The van der Waals surface area contributed by atoms with E-state index in [4.69, 9.17) is 0 Å². The second-order valence-corrected chi connectivity index (χ2v) is 7.26. The molecule has 0 aromatic carbocycles. The van der Waals surface area contributed by atoms with Gasteiger partial charge in [-0.2, -0.15) is 0 Å². The van der Waals surface area contributed by atoms with E-state index in [0.717, 1.165) is 24.9 Å². The normalized spacial score (nSPS) is 42.1. The van der Waals surface area contributed by atoms with Crippen molar-refractivity contribution in [2.24, 2.45) is 23.2 Å². The smallest absolute Gasteiger partial charge is 0.225 e. The number of rotatable bonds is 1. The van der Waals surface area contributed by atoms with E-state index >= 15 is 0 Å². The minimum Gasteiger partial charge on any atom is -0.341 e. The topological polar surface area (TPSA) is 20.3 Å². The van der Waals surface area contributed by atoms with Crippen molar-refractivity contribution in [2.75, 3.05) is 13.1 Å². The van der Waals surface area contributed by atoms with Gasteiger partial charge in [0.05, 0.1) is 0 Å². The number of hydrogen-bond donors (Lipinski definition) is 0. The van der Waals surface area contributed by atoms with Gasteiger partial charge in [0.15, 0.2) is 0 Å². The Labute approximate surface area is 104 Å². The molecule has 4 fully saturated rings. The summed E-state index contributed by atoms with van der Waals surface area (Å²) < 4.78 is 0. The number of amides is 1. The van der Waals surface area contributed by atoms with E-state index in [-0.39, 0.29) is 0 Å². The molecule has 2 unspecified atom stereocenters. The quantitative estimate of drug-likeness (QED) is 0.682. The van der Waals surface area contributed by atoms with Crippen LogP contribution in [0.4, 0.5) is 0 Å². The van der Waals surface area contributed by atoms with Crippen LogP contribution in [-0.4, -0.2) is 23.9 Å². The molecule has 1 heterocycles. The Morgan fingerprint density at radius 1 is 1.00 bits per heavy atom. The van der Waals surface area contributed by atoms with Gasteiger partial charge in [-0.15, -0.1) is 0 Å². The summed E-state index contributed by atoms with van der Waals surface area (Å²) in [5.74, 6) is 2.68. The van der Waals surface area contributed by atoms with Crippen LogP contribution >= 0.6 is 0 Å². The molecule has 0 radical (unpaired) electrons. The van der Waals surface area contributed by atoms with Gasteiger partial charge < -0.3 is 4.90 Å². The largest absolute Gasteiger partial charge is 0.341 e. The molecule has 1 aliphatic heterocycles. The molecule has 0 aromatic heterocycles. The predicted octanol–water partition coefficient (Wildman–Crippen LogP) is 2.83. The van der Waals surface area contributed by atoms with Crippen LogP contribution in [0.25, 0.3) is 0 Å². The minimum absolute atomic E-state index is 0.398. The van der Waals surface area contributed by atoms with Gasteiger partial charge in [0.25, 0.3) is 0 Å². The lowest BCUT2D eigenvalue weighted by Crippen LogP contribution is -2.54. The Bertz CT molecular complexity index is 327. The van der Waals surface area contributed by atoms with Crippen molar-refractivity contribution in [2.45, 2.75) is 51.4 Å². The van der Waals surface area contributed by atoms with Gasteiger partial charge in [0, 0.05) is 24.4 Å². The number of likely N-dealkylation sites (tertiary alicyclic amines) is 1. The molecule has 17 heavy (non-hydrogen) atoms. The summed E-state index contributed by atoms with van der Waals surface area (Å²) in [5, 5.41) is 0. The highest BCUT2D eigenvalue weighted by Gasteiger charge is 2.54. The van der Waals surface area contributed by atoms with Crippen LogP contribution in [-0.2, 0) is 4.79 Å². The third-order valence-electron chi connectivity index (χ3n) is 5.80. The van der Waals surface area contributed by atoms with E-state index in [1.165, 1.54) is 51.4 Å². The predicted molar refractivity (Wildman–Crippen MR) is 66.4 cm³/mol. The van der Waals surface area contributed by atoms with Gasteiger partial charge in [0.2, 0.25) is 5.91 Å². The van der Waals surface area contributed by atoms with Gasteiger partial charge in [-0.05, 0) is 43.9 Å². The maximum atomic E-state index is 12.5. The van der Waals surface area contributed by atoms with Gasteiger partial charge in [-0.25, -0.2) is 0 Å². The number of nitrogens with zero attached hydrogens (tertiary/aromatic N) is 1. The Morgan fingerprint density at radius 3 is 2.24 bits per heavy atom. The van der Waals surface area contributed by atoms with Crippen LogP contribution in [0.3, 0.4) is 0 Å². The second-order valence-electron chi connectivity index (χ2n) is 7.26. The highest BCUT2D eigenvalue weighted by atomic mass is 16.2. The first-order chi connectivity index (χ1) is 8.24. The van der Waals surface area contributed by atoms with Gasteiger partial charge in [0.1, 0.15) is 0 Å². The zero-order valence-corrected chi connectivity index (χ0v) is 10.7. The SMILES string of the molecule is O=C(C1CC2CCCC(C2)C1)N1CC2(CC2)C1. The van der Waals surface area contributed by atoms with Gasteiger partial charge >= 0.3 is 0 Å². The molecule has 3 saturated carbocycles. The van der Waals surface area contributed by atoms with Crippen LogP contribution in [0.15, 0.2) is 0 Å². The highest BCUT2D eigenvalue weighted by Crippen LogP contribution is 2.53. The molecule has 0 aromatic rings. The molecular weight excluding hydrogens is 210 g/mol. The van der Waals surface area contributed by atoms with Crippen molar-refractivity contribution < 1.29 is 4.79 Å². The minimum atomic E-state index is 0.398. The summed E-state index contributed by atoms with van der Waals surface area (Å²) in [6.07, 6.45) is 10.8. The summed E-state index contributed by atoms with van der Waals surface area (Å²) in [4.78, 5) is 14.6. The average molecular weight is 233 g/mol. The van der Waals surface area contributed by atoms with Crippen molar-refractivity contribution in [3.05, 3.63) is 0 Å². The summed E-state index contributed by atoms with van der Waals surface area (Å²) >= 11 is 0. The maximum absolute atomic E-state index is 12.5. The summed E-state index contributed by atoms with van der Waals surface area (Å²) in [6, 6.07) is 0. The third kappa shape index (κ3) is 1.71. The fraction of sp³-hybridized carbons (Fsp3) is 0.933. The zero-order valence-electron chi connectivity index (χ0n) is 10.7. The lowest BCUT2D eigenvalue weighted by Gasteiger charge is -2.45. The van der Waals surface area contributed by atoms with Crippen molar-refractivity contribution in [3.63, 3.8) is 0 Å². The molecule has 1 saturated heterocycles. The van der Waals surface area contributed by atoms with Gasteiger partial charge in [-0.3, -0.25) is 4.79 Å². The molecule has 94 valence electrons. The summed E-state index contributed by atoms with van der Waals surface area (Å²) in [5.41, 5.74) is 0.625. The number of carbonyl (C=O) groups is 1. The van der Waals surface area contributed by atoms with Crippen LogP contribution in [0.1, 0.15) is 51.4 Å². The van der Waals surface area contributed by atoms with E-state index in [9.17, 15) is 4.79 Å². The Balaban J connectivity index is 1.39. The van der Waals surface area contributed by atoms with E-state index in [0.29, 0.717) is 17.2 Å². The van der Waals surface area contributed by atoms with Crippen molar-refractivity contribution in [1.82, 2.24) is 4.90 Å². The first kappa shape index (κ1) is 10.4. The average Bonchev–Trinajstić information content (AvgIpc) is 3.05. The van der Waals surface area contributed by atoms with Crippen molar-refractivity contribution >= 4 is 5.91 Å². The van der Waals surface area contributed by atoms with Crippen LogP contribution < -0.4 is 0 Å². The number of fused-ring (bicyclic) bond motifs is 2. The second kappa shape index (κ2) is 3.49. The van der Waals surface area contributed by atoms with Crippen molar-refractivity contribution in [1.29, 1.82) is 0 Å². The maximum Gasteiger partial charge on any atom is 0.225 e. The van der Waals surface area contributed by atoms with E-state index in [2.05, 4.69) is 4.90 Å². The lowest BCUT2D eigenvalue weighted by atomic mass is 9.67. The number of carbonyl (C=O) groups excluding carboxylic acids is 1. The highest BCUT2D eigenvalue weighted by molar-refractivity contribution is 5.80. The summed E-state index contributed by atoms with van der Waals surface area (Å²) in [6.45, 7) is 2.19. The molecule has 1 spiro atoms. The molecule has 1 amide bonds. The molecule has 2 heteroatoms. The van der Waals surface area contributed by atoms with Crippen LogP contribution in [0.5, 0.6) is 0 Å². The van der Waals surface area contributed by atoms with Crippen molar-refractivity contribution in [3.8, 4) is 0 Å². The van der Waals surface area contributed by atoms with E-state index in [1.54, 1.807) is 0 Å². The fourth-order valence-electron chi connectivity index (χ4n) is 4.60. The molecule has 2 bridgehead atoms. The van der Waals surface area contributed by atoms with Gasteiger partial charge in [-0.1, -0.05) is 19.3 Å². The molecule has 2 nitrogen and oxygen atoms in total. The molecule has 2 atom stereocenters. The molecular formula is C15H23NO. The third-order valence-corrected chi connectivity index (χ3v) is 5.80. The standard InChI is InChI=1S/C15H23NO/c17-14(16-9-15(10-16)4-5-15)13-7-11-2-1-3-12(6-11)8-13/h11-13H,1-10H2. The van der Waals surface area contributed by atoms with E-state index in [1.807, 2.05) is 0 Å².